The highest BCUT2D eigenvalue weighted by Crippen LogP contribution is 2.17. The van der Waals surface area contributed by atoms with E-state index in [9.17, 15) is 0 Å². The topological polar surface area (TPSA) is 61.8 Å². The molecule has 21 heavy (non-hydrogen) atoms. The fourth-order valence-electron chi connectivity index (χ4n) is 1.51. The second-order valence-corrected chi connectivity index (χ2v) is 4.58. The molecule has 0 radical (unpaired) electrons. The van der Waals surface area contributed by atoms with E-state index in [2.05, 4.69) is 10.3 Å². The number of ether oxygens (including phenoxy) is 4. The Kier molecular flexibility index (Phi) is 10.1. The van der Waals surface area contributed by atoms with Crippen molar-refractivity contribution >= 4 is 11.6 Å². The number of methoxy groups -OCH3 is 1. The number of rotatable bonds is 12. The third-order valence-electron chi connectivity index (χ3n) is 2.52. The van der Waals surface area contributed by atoms with Gasteiger partial charge in [0.25, 0.3) is 0 Å². The van der Waals surface area contributed by atoms with Crippen LogP contribution in [0.15, 0.2) is 12.1 Å². The Bertz CT molecular complexity index is 393. The smallest absolute Gasteiger partial charge is 0.213 e. The molecule has 0 aromatic carbocycles. The zero-order chi connectivity index (χ0) is 15.3. The number of nitrogens with one attached hydrogen (secondary N) is 1. The van der Waals surface area contributed by atoms with E-state index in [1.165, 1.54) is 0 Å². The van der Waals surface area contributed by atoms with Crippen LogP contribution in [0.25, 0.3) is 0 Å². The first-order valence-electron chi connectivity index (χ1n) is 6.85. The Morgan fingerprint density at radius 2 is 1.71 bits per heavy atom. The summed E-state index contributed by atoms with van der Waals surface area (Å²) in [5, 5.41) is 3.63. The highest BCUT2D eigenvalue weighted by molar-refractivity contribution is 6.31. The molecule has 1 aromatic heterocycles. The predicted molar refractivity (Wildman–Crippen MR) is 81.0 cm³/mol. The summed E-state index contributed by atoms with van der Waals surface area (Å²) < 4.78 is 21.0. The van der Waals surface area contributed by atoms with E-state index in [1.807, 2.05) is 7.05 Å². The average Bonchev–Trinajstić information content (AvgIpc) is 2.49. The molecule has 0 saturated heterocycles. The van der Waals surface area contributed by atoms with Crippen molar-refractivity contribution in [1.29, 1.82) is 0 Å². The van der Waals surface area contributed by atoms with Crippen LogP contribution >= 0.6 is 11.6 Å². The summed E-state index contributed by atoms with van der Waals surface area (Å²) in [4.78, 5) is 4.32. The van der Waals surface area contributed by atoms with Crippen molar-refractivity contribution in [1.82, 2.24) is 10.3 Å². The molecule has 0 fully saturated rings. The van der Waals surface area contributed by atoms with E-state index in [1.54, 1.807) is 19.2 Å². The van der Waals surface area contributed by atoms with Crippen molar-refractivity contribution in [2.75, 3.05) is 53.8 Å². The lowest BCUT2D eigenvalue weighted by molar-refractivity contribution is 0.0176. The third kappa shape index (κ3) is 8.18. The van der Waals surface area contributed by atoms with Gasteiger partial charge in [0.05, 0.1) is 43.8 Å². The van der Waals surface area contributed by atoms with E-state index in [0.717, 1.165) is 5.69 Å². The molecular weight excluding hydrogens is 296 g/mol. The number of hydrogen-bond acceptors (Lipinski definition) is 6. The average molecular weight is 319 g/mol. The molecule has 0 bridgehead atoms. The van der Waals surface area contributed by atoms with Crippen molar-refractivity contribution in [3.05, 3.63) is 22.8 Å². The molecule has 120 valence electrons. The largest absolute Gasteiger partial charge is 0.475 e. The summed E-state index contributed by atoms with van der Waals surface area (Å²) in [6.45, 7) is 3.79. The van der Waals surface area contributed by atoms with Crippen molar-refractivity contribution in [3.8, 4) is 5.88 Å². The van der Waals surface area contributed by atoms with Crippen molar-refractivity contribution in [2.45, 2.75) is 6.54 Å². The van der Waals surface area contributed by atoms with Gasteiger partial charge in [-0.2, -0.15) is 0 Å². The van der Waals surface area contributed by atoms with Crippen molar-refractivity contribution in [2.24, 2.45) is 0 Å². The first-order valence-corrected chi connectivity index (χ1v) is 7.23. The molecule has 1 N–H and O–H groups in total. The van der Waals surface area contributed by atoms with Gasteiger partial charge in [0.2, 0.25) is 5.88 Å². The molecule has 0 aliphatic heterocycles. The predicted octanol–water partition coefficient (Wildman–Crippen LogP) is 1.51. The second-order valence-electron chi connectivity index (χ2n) is 4.17. The molecule has 0 unspecified atom stereocenters. The van der Waals surface area contributed by atoms with Gasteiger partial charge in [-0.1, -0.05) is 11.6 Å². The molecule has 0 atom stereocenters. The number of nitrogens with zero attached hydrogens (tertiary/aromatic N) is 1. The molecule has 0 spiro atoms. The first kappa shape index (κ1) is 18.1. The summed E-state index contributed by atoms with van der Waals surface area (Å²) in [7, 11) is 3.48. The molecule has 1 heterocycles. The number of pyridine rings is 1. The fraction of sp³-hybridized carbons (Fsp3) is 0.643. The second kappa shape index (κ2) is 11.7. The quantitative estimate of drug-likeness (QED) is 0.590. The van der Waals surface area contributed by atoms with Gasteiger partial charge in [-0.15, -0.1) is 0 Å². The monoisotopic (exact) mass is 318 g/mol. The minimum absolute atomic E-state index is 0.436. The van der Waals surface area contributed by atoms with Crippen molar-refractivity contribution in [3.63, 3.8) is 0 Å². The Hall–Kier alpha value is -0.920. The van der Waals surface area contributed by atoms with Crippen LogP contribution in [0.3, 0.4) is 0 Å². The summed E-state index contributed by atoms with van der Waals surface area (Å²) in [6, 6.07) is 3.52. The maximum Gasteiger partial charge on any atom is 0.213 e. The van der Waals surface area contributed by atoms with E-state index >= 15 is 0 Å². The summed E-state index contributed by atoms with van der Waals surface area (Å²) >= 11 is 6.02. The van der Waals surface area contributed by atoms with Crippen LogP contribution in [0.5, 0.6) is 5.88 Å². The van der Waals surface area contributed by atoms with Crippen LogP contribution in [0.1, 0.15) is 5.69 Å². The molecule has 1 aromatic rings. The lowest BCUT2D eigenvalue weighted by Crippen LogP contribution is -2.13. The van der Waals surface area contributed by atoms with Gasteiger partial charge in [-0.05, 0) is 13.1 Å². The van der Waals surface area contributed by atoms with E-state index in [0.29, 0.717) is 57.1 Å². The molecule has 0 aliphatic carbocycles. The normalized spacial score (nSPS) is 10.8. The molecule has 0 aliphatic rings. The fourth-order valence-corrected chi connectivity index (χ4v) is 1.68. The van der Waals surface area contributed by atoms with Crippen LogP contribution in [-0.2, 0) is 20.8 Å². The van der Waals surface area contributed by atoms with Crippen LogP contribution < -0.4 is 10.1 Å². The summed E-state index contributed by atoms with van der Waals surface area (Å²) in [5.74, 6) is 0.546. The maximum absolute atomic E-state index is 6.02. The van der Waals surface area contributed by atoms with Crippen LogP contribution in [-0.4, -0.2) is 58.8 Å². The minimum Gasteiger partial charge on any atom is -0.475 e. The summed E-state index contributed by atoms with van der Waals surface area (Å²) in [5.41, 5.74) is 0.768. The summed E-state index contributed by atoms with van der Waals surface area (Å²) in [6.07, 6.45) is 0. The van der Waals surface area contributed by atoms with Crippen LogP contribution in [0.4, 0.5) is 0 Å². The van der Waals surface area contributed by atoms with Gasteiger partial charge < -0.3 is 24.3 Å². The van der Waals surface area contributed by atoms with Gasteiger partial charge in [0.1, 0.15) is 6.61 Å². The standard InChI is InChI=1S/C14H23ClN2O4/c1-16-11-13-12(15)3-4-14(17-13)21-10-9-20-8-7-19-6-5-18-2/h3-4,16H,5-11H2,1-2H3. The Labute approximate surface area is 130 Å². The van der Waals surface area contributed by atoms with E-state index in [4.69, 9.17) is 30.5 Å². The van der Waals surface area contributed by atoms with Gasteiger partial charge in [0, 0.05) is 19.7 Å². The SMILES string of the molecule is CNCc1nc(OCCOCCOCCOC)ccc1Cl. The lowest BCUT2D eigenvalue weighted by atomic mass is 10.3. The zero-order valence-corrected chi connectivity index (χ0v) is 13.3. The third-order valence-corrected chi connectivity index (χ3v) is 2.86. The Morgan fingerprint density at radius 1 is 1.05 bits per heavy atom. The molecular formula is C14H23ClN2O4. The molecule has 0 amide bonds. The van der Waals surface area contributed by atoms with E-state index in [-0.39, 0.29) is 0 Å². The molecule has 7 heteroatoms. The highest BCUT2D eigenvalue weighted by Gasteiger charge is 2.04. The Morgan fingerprint density at radius 3 is 2.38 bits per heavy atom. The molecule has 1 rings (SSSR count). The Balaban J connectivity index is 2.11. The van der Waals surface area contributed by atoms with Gasteiger partial charge in [-0.25, -0.2) is 4.98 Å². The molecule has 6 nitrogen and oxygen atoms in total. The zero-order valence-electron chi connectivity index (χ0n) is 12.6. The minimum atomic E-state index is 0.436. The highest BCUT2D eigenvalue weighted by atomic mass is 35.5. The van der Waals surface area contributed by atoms with Crippen molar-refractivity contribution < 1.29 is 18.9 Å². The van der Waals surface area contributed by atoms with Crippen LogP contribution in [0, 0.1) is 0 Å². The maximum atomic E-state index is 6.02. The van der Waals surface area contributed by atoms with Gasteiger partial charge in [-0.3, -0.25) is 0 Å². The van der Waals surface area contributed by atoms with Gasteiger partial charge in [0.15, 0.2) is 0 Å². The van der Waals surface area contributed by atoms with Crippen LogP contribution in [0.2, 0.25) is 5.02 Å². The number of hydrogen-bond donors (Lipinski definition) is 1. The number of aromatic nitrogens is 1. The molecule has 0 saturated carbocycles. The van der Waals surface area contributed by atoms with Gasteiger partial charge >= 0.3 is 0 Å². The number of halogens is 1. The first-order chi connectivity index (χ1) is 10.3. The lowest BCUT2D eigenvalue weighted by Gasteiger charge is -2.09. The van der Waals surface area contributed by atoms with E-state index < -0.39 is 0 Å².